The fraction of sp³-hybridized carbons (Fsp3) is 0.385. The summed E-state index contributed by atoms with van der Waals surface area (Å²) >= 11 is 0. The van der Waals surface area contributed by atoms with Crippen molar-refractivity contribution in [2.75, 3.05) is 0 Å². The highest BCUT2D eigenvalue weighted by Gasteiger charge is 2.45. The lowest BCUT2D eigenvalue weighted by molar-refractivity contribution is -0.144. The highest BCUT2D eigenvalue weighted by Crippen LogP contribution is 2.57. The average Bonchev–Trinajstić information content (AvgIpc) is 3.48. The van der Waals surface area contributed by atoms with Crippen LogP contribution in [0.25, 0.3) is 0 Å². The zero-order valence-electron chi connectivity index (χ0n) is 29.2. The molecule has 0 saturated heterocycles. The van der Waals surface area contributed by atoms with Crippen LogP contribution >= 0.6 is 15.8 Å². The van der Waals surface area contributed by atoms with Crippen molar-refractivity contribution >= 4 is 37.1 Å². The van der Waals surface area contributed by atoms with Gasteiger partial charge >= 0.3 is 24.7 Å². The second-order valence-corrected chi connectivity index (χ2v) is 18.9. The molecule has 53 heavy (non-hydrogen) atoms. The third-order valence-corrected chi connectivity index (χ3v) is 15.3. The van der Waals surface area contributed by atoms with E-state index in [0.29, 0.717) is 43.5 Å². The van der Waals surface area contributed by atoms with Gasteiger partial charge in [-0.15, -0.1) is 0 Å². The molecule has 0 N–H and O–H groups in total. The van der Waals surface area contributed by atoms with Crippen molar-refractivity contribution in [3.63, 3.8) is 0 Å². The Balaban J connectivity index is 1.79. The minimum absolute atomic E-state index is 0.0905. The quantitative estimate of drug-likeness (QED) is 0.129. The van der Waals surface area contributed by atoms with Crippen LogP contribution in [0.2, 0.25) is 0 Å². The molecule has 14 heteroatoms. The molecule has 0 aromatic heterocycles. The summed E-state index contributed by atoms with van der Waals surface area (Å²) in [6.45, 7) is 9.26. The smallest absolute Gasteiger partial charge is 0.166 e. The zero-order chi connectivity index (χ0) is 39.4. The number of alkyl halides is 12. The van der Waals surface area contributed by atoms with E-state index < -0.39 is 85.0 Å². The lowest BCUT2D eigenvalue weighted by atomic mass is 10.0. The van der Waals surface area contributed by atoms with Gasteiger partial charge in [-0.25, -0.2) is 0 Å². The van der Waals surface area contributed by atoms with E-state index in [0.717, 1.165) is 32.9 Å². The summed E-state index contributed by atoms with van der Waals surface area (Å²) in [6, 6.07) is 13.7. The van der Waals surface area contributed by atoms with Crippen molar-refractivity contribution in [1.82, 2.24) is 0 Å². The molecular weight excluding hydrogens is 758 g/mol. The number of rotatable bonds is 7. The van der Waals surface area contributed by atoms with Gasteiger partial charge in [-0.05, 0) is 131 Å². The molecule has 1 saturated carbocycles. The maximum absolute atomic E-state index is 14.2. The van der Waals surface area contributed by atoms with Crippen LogP contribution in [0.3, 0.4) is 0 Å². The summed E-state index contributed by atoms with van der Waals surface area (Å²) in [6.07, 6.45) is -19.5. The summed E-state index contributed by atoms with van der Waals surface area (Å²) < 4.78 is 170. The topological polar surface area (TPSA) is 0 Å². The molecule has 2 unspecified atom stereocenters. The standard InChI is InChI=1S/C39H36F12P2/c1-21-9-22(2)12-30(11-21)53(31-13-23(3)10-24(4)14-31)35-8-6-7-34(35)25(5)52(32-17-26(36(40,41)42)15-27(18-32)37(43,44)45)33-19-28(38(46,47)48)16-29(20-33)39(49,50)51/h9-20,25,34-35H,6-8H2,1-5H3/t25-,34?,35?/m1/s1. The summed E-state index contributed by atoms with van der Waals surface area (Å²) in [5.41, 5.74) is -4.09. The first-order chi connectivity index (χ1) is 24.3. The van der Waals surface area contributed by atoms with E-state index >= 15 is 0 Å². The van der Waals surface area contributed by atoms with Gasteiger partial charge in [-0.2, -0.15) is 52.7 Å². The lowest BCUT2D eigenvalue weighted by Gasteiger charge is -2.38. The largest absolute Gasteiger partial charge is 0.416 e. The van der Waals surface area contributed by atoms with Crippen LogP contribution in [0.1, 0.15) is 70.7 Å². The summed E-state index contributed by atoms with van der Waals surface area (Å²) in [5, 5.41) is 0.755. The molecule has 4 aromatic carbocycles. The third-order valence-electron chi connectivity index (χ3n) is 9.56. The Labute approximate surface area is 302 Å². The molecule has 3 atom stereocenters. The van der Waals surface area contributed by atoms with Crippen LogP contribution < -0.4 is 21.2 Å². The maximum Gasteiger partial charge on any atom is 0.416 e. The van der Waals surface area contributed by atoms with E-state index in [1.807, 2.05) is 64.1 Å². The highest BCUT2D eigenvalue weighted by atomic mass is 31.1. The number of hydrogen-bond donors (Lipinski definition) is 0. The first-order valence-electron chi connectivity index (χ1n) is 16.7. The van der Waals surface area contributed by atoms with E-state index in [2.05, 4.69) is 0 Å². The SMILES string of the molecule is Cc1cc(C)cc(P(c2cc(C)cc(C)c2)C2CCCC2[C@@H](C)P(c2cc(C(F)(F)F)cc(C(F)(F)F)c2)c2cc(C(F)(F)F)cc(C(F)(F)F)c2)c1. The van der Waals surface area contributed by atoms with Gasteiger partial charge in [0.1, 0.15) is 0 Å². The van der Waals surface area contributed by atoms with E-state index in [1.54, 1.807) is 6.92 Å². The third kappa shape index (κ3) is 9.41. The molecule has 1 fully saturated rings. The second kappa shape index (κ2) is 14.9. The molecule has 1 aliphatic carbocycles. The van der Waals surface area contributed by atoms with Gasteiger partial charge in [-0.3, -0.25) is 0 Å². The van der Waals surface area contributed by atoms with Crippen LogP contribution in [0, 0.1) is 33.6 Å². The predicted octanol–water partition coefficient (Wildman–Crippen LogP) is 12.1. The first kappa shape index (κ1) is 41.1. The van der Waals surface area contributed by atoms with Gasteiger partial charge in [0.15, 0.2) is 0 Å². The lowest BCUT2D eigenvalue weighted by Crippen LogP contribution is -2.34. The fourth-order valence-corrected chi connectivity index (χ4v) is 14.4. The van der Waals surface area contributed by atoms with E-state index in [-0.39, 0.29) is 17.8 Å². The average molecular weight is 795 g/mol. The molecule has 0 spiro atoms. The van der Waals surface area contributed by atoms with Gasteiger partial charge < -0.3 is 0 Å². The number of benzene rings is 4. The van der Waals surface area contributed by atoms with Crippen molar-refractivity contribution < 1.29 is 52.7 Å². The van der Waals surface area contributed by atoms with Crippen molar-refractivity contribution in [3.8, 4) is 0 Å². The van der Waals surface area contributed by atoms with Gasteiger partial charge in [0, 0.05) is 0 Å². The Bertz CT molecular complexity index is 1720. The molecular formula is C39H36F12P2. The zero-order valence-corrected chi connectivity index (χ0v) is 31.0. The number of hydrogen-bond acceptors (Lipinski definition) is 0. The Morgan fingerprint density at radius 1 is 0.453 bits per heavy atom. The molecule has 5 rings (SSSR count). The summed E-state index contributed by atoms with van der Waals surface area (Å²) in [5.74, 6) is -0.485. The van der Waals surface area contributed by atoms with Crippen LogP contribution in [-0.4, -0.2) is 11.3 Å². The first-order valence-corrected chi connectivity index (χ1v) is 19.5. The minimum atomic E-state index is -5.29. The van der Waals surface area contributed by atoms with Gasteiger partial charge in [0.05, 0.1) is 22.3 Å². The predicted molar refractivity (Wildman–Crippen MR) is 188 cm³/mol. The molecule has 0 aliphatic heterocycles. The molecule has 0 nitrogen and oxygen atoms in total. The normalized spacial score (nSPS) is 17.9. The highest BCUT2D eigenvalue weighted by molar-refractivity contribution is 7.74. The van der Waals surface area contributed by atoms with Gasteiger partial charge in [0.2, 0.25) is 0 Å². The molecule has 0 bridgehead atoms. The van der Waals surface area contributed by atoms with Crippen LogP contribution in [0.15, 0.2) is 72.8 Å². The van der Waals surface area contributed by atoms with Gasteiger partial charge in [0.25, 0.3) is 0 Å². The number of halogens is 12. The van der Waals surface area contributed by atoms with Crippen molar-refractivity contribution in [3.05, 3.63) is 117 Å². The van der Waals surface area contributed by atoms with Crippen LogP contribution in [0.5, 0.6) is 0 Å². The summed E-state index contributed by atoms with van der Waals surface area (Å²) in [7, 11) is -3.94. The summed E-state index contributed by atoms with van der Waals surface area (Å²) in [4.78, 5) is 0. The van der Waals surface area contributed by atoms with Crippen LogP contribution in [-0.2, 0) is 24.7 Å². The van der Waals surface area contributed by atoms with Crippen molar-refractivity contribution in [2.24, 2.45) is 5.92 Å². The van der Waals surface area contributed by atoms with E-state index in [1.165, 1.54) is 0 Å². The Kier molecular flexibility index (Phi) is 11.5. The molecule has 4 aromatic rings. The fourth-order valence-electron chi connectivity index (χ4n) is 7.53. The monoisotopic (exact) mass is 794 g/mol. The molecule has 1 aliphatic rings. The molecule has 0 radical (unpaired) electrons. The Morgan fingerprint density at radius 2 is 0.774 bits per heavy atom. The van der Waals surface area contributed by atoms with E-state index in [9.17, 15) is 52.7 Å². The van der Waals surface area contributed by atoms with Crippen LogP contribution in [0.4, 0.5) is 52.7 Å². The van der Waals surface area contributed by atoms with Crippen molar-refractivity contribution in [1.29, 1.82) is 0 Å². The minimum Gasteiger partial charge on any atom is -0.166 e. The van der Waals surface area contributed by atoms with Crippen molar-refractivity contribution in [2.45, 2.75) is 89.9 Å². The second-order valence-electron chi connectivity index (χ2n) is 13.9. The Morgan fingerprint density at radius 3 is 1.08 bits per heavy atom. The van der Waals surface area contributed by atoms with Gasteiger partial charge in [-0.1, -0.05) is 72.0 Å². The molecule has 0 amide bonds. The Hall–Kier alpha value is -3.10. The molecule has 286 valence electrons. The number of aryl methyl sites for hydroxylation is 4. The van der Waals surface area contributed by atoms with E-state index in [4.69, 9.17) is 0 Å². The molecule has 0 heterocycles. The maximum atomic E-state index is 14.2.